The number of para-hydroxylation sites is 1. The number of anilines is 1. The van der Waals surface area contributed by atoms with Gasteiger partial charge in [-0.25, -0.2) is 14.3 Å². The first-order valence-electron chi connectivity index (χ1n) is 9.94. The number of rotatable bonds is 7. The molecule has 7 heteroatoms. The van der Waals surface area contributed by atoms with Gasteiger partial charge in [0.05, 0.1) is 18.9 Å². The van der Waals surface area contributed by atoms with Crippen molar-refractivity contribution < 1.29 is 19.1 Å². The average Bonchev–Trinajstić information content (AvgIpc) is 3.09. The molecule has 0 atom stereocenters. The molecule has 1 heterocycles. The fourth-order valence-corrected chi connectivity index (χ4v) is 3.49. The summed E-state index contributed by atoms with van der Waals surface area (Å²) in [5.74, 6) is -0.724. The molecule has 1 saturated carbocycles. The lowest BCUT2D eigenvalue weighted by Gasteiger charge is -2.24. The van der Waals surface area contributed by atoms with E-state index < -0.39 is 11.9 Å². The van der Waals surface area contributed by atoms with Crippen molar-refractivity contribution in [2.75, 3.05) is 18.5 Å². The van der Waals surface area contributed by atoms with E-state index in [1.165, 1.54) is 6.42 Å². The fourth-order valence-electron chi connectivity index (χ4n) is 3.49. The molecule has 2 aromatic rings. The lowest BCUT2D eigenvalue weighted by atomic mass is 9.95. The van der Waals surface area contributed by atoms with Gasteiger partial charge in [-0.15, -0.1) is 0 Å². The van der Waals surface area contributed by atoms with E-state index in [2.05, 4.69) is 10.4 Å². The standard InChI is InChI=1S/C21H27N3O4/c1-3-27-20(25)17-18(21(26)28-4-2)23-24(16-13-9-6-10-14-16)19(17)22-15-11-7-5-8-12-15/h6,9-10,13-15,22H,3-5,7-8,11-12H2,1-2H3. The van der Waals surface area contributed by atoms with Gasteiger partial charge in [0.2, 0.25) is 0 Å². The monoisotopic (exact) mass is 385 g/mol. The van der Waals surface area contributed by atoms with E-state index in [9.17, 15) is 9.59 Å². The van der Waals surface area contributed by atoms with Gasteiger partial charge in [-0.05, 0) is 38.8 Å². The number of hydrogen-bond acceptors (Lipinski definition) is 6. The van der Waals surface area contributed by atoms with E-state index >= 15 is 0 Å². The number of benzene rings is 1. The normalized spacial score (nSPS) is 14.5. The third-order valence-corrected chi connectivity index (χ3v) is 4.78. The molecule has 3 rings (SSSR count). The molecule has 0 unspecified atom stereocenters. The van der Waals surface area contributed by atoms with Gasteiger partial charge in [0.15, 0.2) is 5.69 Å². The van der Waals surface area contributed by atoms with Crippen LogP contribution in [0.4, 0.5) is 5.82 Å². The third kappa shape index (κ3) is 4.35. The van der Waals surface area contributed by atoms with E-state index in [1.807, 2.05) is 30.3 Å². The minimum Gasteiger partial charge on any atom is -0.462 e. The van der Waals surface area contributed by atoms with Gasteiger partial charge in [-0.1, -0.05) is 37.5 Å². The molecule has 150 valence electrons. The molecule has 1 fully saturated rings. The molecule has 0 bridgehead atoms. The zero-order valence-electron chi connectivity index (χ0n) is 16.4. The Kier molecular flexibility index (Phi) is 6.68. The van der Waals surface area contributed by atoms with E-state index in [0.29, 0.717) is 5.82 Å². The molecule has 1 aromatic heterocycles. The first kappa shape index (κ1) is 19.9. The van der Waals surface area contributed by atoms with Crippen LogP contribution in [0.25, 0.3) is 5.69 Å². The summed E-state index contributed by atoms with van der Waals surface area (Å²) in [6.07, 6.45) is 5.51. The molecule has 28 heavy (non-hydrogen) atoms. The maximum Gasteiger partial charge on any atom is 0.359 e. The molecule has 0 spiro atoms. The number of nitrogens with zero attached hydrogens (tertiary/aromatic N) is 2. The number of hydrogen-bond donors (Lipinski definition) is 1. The predicted molar refractivity (Wildman–Crippen MR) is 106 cm³/mol. The first-order chi connectivity index (χ1) is 13.7. The van der Waals surface area contributed by atoms with Crippen molar-refractivity contribution in [1.29, 1.82) is 0 Å². The minimum absolute atomic E-state index is 0.0255. The highest BCUT2D eigenvalue weighted by atomic mass is 16.5. The Labute approximate surface area is 165 Å². The topological polar surface area (TPSA) is 82.5 Å². The van der Waals surface area contributed by atoms with Gasteiger partial charge < -0.3 is 14.8 Å². The van der Waals surface area contributed by atoms with E-state index in [1.54, 1.807) is 18.5 Å². The van der Waals surface area contributed by atoms with Gasteiger partial charge in [-0.2, -0.15) is 5.10 Å². The van der Waals surface area contributed by atoms with Crippen molar-refractivity contribution in [1.82, 2.24) is 9.78 Å². The molecule has 1 aliphatic carbocycles. The predicted octanol–water partition coefficient (Wildman–Crippen LogP) is 3.97. The quantitative estimate of drug-likeness (QED) is 0.726. The maximum absolute atomic E-state index is 12.8. The highest BCUT2D eigenvalue weighted by Crippen LogP contribution is 2.29. The van der Waals surface area contributed by atoms with Gasteiger partial charge in [0.1, 0.15) is 11.4 Å². The van der Waals surface area contributed by atoms with Crippen LogP contribution in [0.2, 0.25) is 0 Å². The second kappa shape index (κ2) is 9.39. The number of ether oxygens (including phenoxy) is 2. The first-order valence-corrected chi connectivity index (χ1v) is 9.94. The third-order valence-electron chi connectivity index (χ3n) is 4.78. The highest BCUT2D eigenvalue weighted by Gasteiger charge is 2.32. The van der Waals surface area contributed by atoms with Crippen molar-refractivity contribution in [3.05, 3.63) is 41.6 Å². The summed E-state index contributed by atoms with van der Waals surface area (Å²) in [6.45, 7) is 3.86. The summed E-state index contributed by atoms with van der Waals surface area (Å²) in [5.41, 5.74) is 0.860. The summed E-state index contributed by atoms with van der Waals surface area (Å²) >= 11 is 0. The number of aromatic nitrogens is 2. The summed E-state index contributed by atoms with van der Waals surface area (Å²) in [7, 11) is 0. The Morgan fingerprint density at radius 3 is 2.32 bits per heavy atom. The summed E-state index contributed by atoms with van der Waals surface area (Å²) in [4.78, 5) is 25.3. The number of carbonyl (C=O) groups excluding carboxylic acids is 2. The Morgan fingerprint density at radius 2 is 1.68 bits per heavy atom. The average molecular weight is 385 g/mol. The van der Waals surface area contributed by atoms with E-state index in [4.69, 9.17) is 9.47 Å². The molecule has 0 aliphatic heterocycles. The van der Waals surface area contributed by atoms with Crippen molar-refractivity contribution in [2.24, 2.45) is 0 Å². The van der Waals surface area contributed by atoms with Crippen LogP contribution in [0.3, 0.4) is 0 Å². The van der Waals surface area contributed by atoms with Crippen molar-refractivity contribution in [2.45, 2.75) is 52.0 Å². The molecule has 0 radical (unpaired) electrons. The van der Waals surface area contributed by atoms with Crippen LogP contribution < -0.4 is 5.32 Å². The second-order valence-electron chi connectivity index (χ2n) is 6.74. The van der Waals surface area contributed by atoms with E-state index in [-0.39, 0.29) is 30.5 Å². The van der Waals surface area contributed by atoms with Crippen LogP contribution in [0.1, 0.15) is 66.8 Å². The minimum atomic E-state index is -0.632. The Balaban J connectivity index is 2.12. The molecule has 7 nitrogen and oxygen atoms in total. The van der Waals surface area contributed by atoms with Crippen LogP contribution in [-0.4, -0.2) is 41.0 Å². The highest BCUT2D eigenvalue weighted by molar-refractivity contribution is 6.06. The fraction of sp³-hybridized carbons (Fsp3) is 0.476. The van der Waals surface area contributed by atoms with Crippen LogP contribution in [-0.2, 0) is 9.47 Å². The Hall–Kier alpha value is -2.83. The molecular formula is C21H27N3O4. The van der Waals surface area contributed by atoms with Gasteiger partial charge >= 0.3 is 11.9 Å². The largest absolute Gasteiger partial charge is 0.462 e. The number of carbonyl (C=O) groups is 2. The van der Waals surface area contributed by atoms with Gasteiger partial charge in [-0.3, -0.25) is 0 Å². The molecule has 1 aromatic carbocycles. The second-order valence-corrected chi connectivity index (χ2v) is 6.74. The van der Waals surface area contributed by atoms with Crippen LogP contribution in [0.15, 0.2) is 30.3 Å². The van der Waals surface area contributed by atoms with Crippen LogP contribution >= 0.6 is 0 Å². The zero-order chi connectivity index (χ0) is 19.9. The van der Waals surface area contributed by atoms with Gasteiger partial charge in [0, 0.05) is 6.04 Å². The van der Waals surface area contributed by atoms with Crippen LogP contribution in [0, 0.1) is 0 Å². The van der Waals surface area contributed by atoms with Crippen LogP contribution in [0.5, 0.6) is 0 Å². The Morgan fingerprint density at radius 1 is 1.04 bits per heavy atom. The maximum atomic E-state index is 12.8. The van der Waals surface area contributed by atoms with Crippen molar-refractivity contribution in [3.63, 3.8) is 0 Å². The molecule has 0 saturated heterocycles. The number of nitrogens with one attached hydrogen (secondary N) is 1. The zero-order valence-corrected chi connectivity index (χ0v) is 16.4. The van der Waals surface area contributed by atoms with Crippen molar-refractivity contribution >= 4 is 17.8 Å². The number of esters is 2. The molecule has 0 amide bonds. The van der Waals surface area contributed by atoms with E-state index in [0.717, 1.165) is 31.4 Å². The molecule has 1 aliphatic rings. The Bertz CT molecular complexity index is 811. The summed E-state index contributed by atoms with van der Waals surface area (Å²) < 4.78 is 12.0. The lowest BCUT2D eigenvalue weighted by molar-refractivity contribution is 0.0476. The smallest absolute Gasteiger partial charge is 0.359 e. The summed E-state index contributed by atoms with van der Waals surface area (Å²) in [6, 6.07) is 9.65. The lowest BCUT2D eigenvalue weighted by Crippen LogP contribution is -2.25. The van der Waals surface area contributed by atoms with Crippen molar-refractivity contribution in [3.8, 4) is 5.69 Å². The van der Waals surface area contributed by atoms with Gasteiger partial charge in [0.25, 0.3) is 0 Å². The SMILES string of the molecule is CCOC(=O)c1nn(-c2ccccc2)c(NC2CCCCC2)c1C(=O)OCC. The summed E-state index contributed by atoms with van der Waals surface area (Å²) in [5, 5.41) is 7.91. The molecule has 1 N–H and O–H groups in total. The molecular weight excluding hydrogens is 358 g/mol.